The van der Waals surface area contributed by atoms with E-state index in [4.69, 9.17) is 0 Å². The molecule has 74 valence electrons. The third-order valence-electron chi connectivity index (χ3n) is 3.06. The highest BCUT2D eigenvalue weighted by Crippen LogP contribution is 2.33. The second kappa shape index (κ2) is 4.45. The third kappa shape index (κ3) is 1.89. The summed E-state index contributed by atoms with van der Waals surface area (Å²) in [5, 5.41) is 0. The lowest BCUT2D eigenvalue weighted by Crippen LogP contribution is -2.03. The smallest absolute Gasteiger partial charge is 0.0121 e. The number of benzene rings is 1. The quantitative estimate of drug-likeness (QED) is 0.657. The average Bonchev–Trinajstić information content (AvgIpc) is 2.26. The second-order valence-corrected chi connectivity index (χ2v) is 4.11. The van der Waals surface area contributed by atoms with Crippen LogP contribution in [0.25, 0.3) is 6.08 Å². The van der Waals surface area contributed by atoms with Crippen molar-refractivity contribution in [3.05, 3.63) is 41.5 Å². The Kier molecular flexibility index (Phi) is 3.03. The van der Waals surface area contributed by atoms with Crippen LogP contribution in [0, 0.1) is 0 Å². The van der Waals surface area contributed by atoms with E-state index in [1.807, 2.05) is 0 Å². The number of fused-ring (bicyclic) bond motifs is 1. The van der Waals surface area contributed by atoms with Crippen molar-refractivity contribution in [3.63, 3.8) is 0 Å². The van der Waals surface area contributed by atoms with Gasteiger partial charge >= 0.3 is 0 Å². The van der Waals surface area contributed by atoms with Crippen molar-refractivity contribution in [2.75, 3.05) is 0 Å². The molecule has 0 aromatic heterocycles. The van der Waals surface area contributed by atoms with Crippen LogP contribution in [0.3, 0.4) is 0 Å². The average molecular weight is 186 g/mol. The van der Waals surface area contributed by atoms with Crippen molar-refractivity contribution < 1.29 is 0 Å². The van der Waals surface area contributed by atoms with E-state index in [0.717, 1.165) is 5.92 Å². The first-order chi connectivity index (χ1) is 6.92. The summed E-state index contributed by atoms with van der Waals surface area (Å²) in [7, 11) is 0. The van der Waals surface area contributed by atoms with E-state index in [2.05, 4.69) is 43.3 Å². The molecule has 0 amide bonds. The van der Waals surface area contributed by atoms with Gasteiger partial charge in [-0.2, -0.15) is 0 Å². The topological polar surface area (TPSA) is 0 Å². The first kappa shape index (κ1) is 9.51. The lowest BCUT2D eigenvalue weighted by molar-refractivity contribution is 0.586. The predicted molar refractivity (Wildman–Crippen MR) is 62.4 cm³/mol. The van der Waals surface area contributed by atoms with Crippen LogP contribution in [0.5, 0.6) is 0 Å². The fraction of sp³-hybridized carbons (Fsp3) is 0.429. The second-order valence-electron chi connectivity index (χ2n) is 4.11. The molecule has 14 heavy (non-hydrogen) atoms. The lowest BCUT2D eigenvalue weighted by atomic mass is 9.84. The fourth-order valence-electron chi connectivity index (χ4n) is 2.24. The highest BCUT2D eigenvalue weighted by atomic mass is 14.2. The Balaban J connectivity index is 2.18. The van der Waals surface area contributed by atoms with Crippen molar-refractivity contribution in [1.29, 1.82) is 0 Å². The van der Waals surface area contributed by atoms with Gasteiger partial charge in [-0.25, -0.2) is 0 Å². The molecule has 0 heterocycles. The minimum Gasteiger partial charge on any atom is -0.0833 e. The minimum atomic E-state index is 0.774. The Hall–Kier alpha value is -1.04. The molecule has 0 radical (unpaired) electrons. The fourth-order valence-corrected chi connectivity index (χ4v) is 2.24. The van der Waals surface area contributed by atoms with Crippen molar-refractivity contribution in [2.24, 2.45) is 0 Å². The Morgan fingerprint density at radius 3 is 3.00 bits per heavy atom. The molecule has 0 bridgehead atoms. The van der Waals surface area contributed by atoms with Crippen molar-refractivity contribution in [2.45, 2.75) is 38.5 Å². The molecule has 0 heteroatoms. The molecule has 0 aliphatic heterocycles. The summed E-state index contributed by atoms with van der Waals surface area (Å²) in [6.07, 6.45) is 9.82. The maximum atomic E-state index is 2.32. The van der Waals surface area contributed by atoms with Gasteiger partial charge in [-0.1, -0.05) is 56.2 Å². The molecule has 1 aliphatic carbocycles. The van der Waals surface area contributed by atoms with Crippen LogP contribution in [0.1, 0.15) is 49.7 Å². The van der Waals surface area contributed by atoms with E-state index in [0.29, 0.717) is 0 Å². The van der Waals surface area contributed by atoms with Gasteiger partial charge in [0.1, 0.15) is 0 Å². The van der Waals surface area contributed by atoms with E-state index in [9.17, 15) is 0 Å². The van der Waals surface area contributed by atoms with Crippen LogP contribution in [-0.4, -0.2) is 0 Å². The first-order valence-electron chi connectivity index (χ1n) is 5.67. The molecule has 1 aromatic rings. The zero-order valence-corrected chi connectivity index (χ0v) is 8.87. The minimum absolute atomic E-state index is 0.774. The third-order valence-corrected chi connectivity index (χ3v) is 3.06. The number of unbranched alkanes of at least 4 members (excludes halogenated alkanes) is 1. The summed E-state index contributed by atoms with van der Waals surface area (Å²) in [5.41, 5.74) is 2.99. The largest absolute Gasteiger partial charge is 0.0833 e. The summed E-state index contributed by atoms with van der Waals surface area (Å²) >= 11 is 0. The SMILES string of the molecule is CCCCC1CC=Cc2ccccc21. The molecule has 1 aromatic carbocycles. The van der Waals surface area contributed by atoms with Gasteiger partial charge in [0.05, 0.1) is 0 Å². The predicted octanol–water partition coefficient (Wildman–Crippen LogP) is 4.38. The monoisotopic (exact) mass is 186 g/mol. The number of rotatable bonds is 3. The van der Waals surface area contributed by atoms with Crippen LogP contribution in [0.15, 0.2) is 30.3 Å². The lowest BCUT2D eigenvalue weighted by Gasteiger charge is -2.21. The number of hydrogen-bond acceptors (Lipinski definition) is 0. The van der Waals surface area contributed by atoms with Gasteiger partial charge in [-0.3, -0.25) is 0 Å². The maximum Gasteiger partial charge on any atom is -0.0121 e. The van der Waals surface area contributed by atoms with Gasteiger partial charge in [0.2, 0.25) is 0 Å². The molecule has 1 unspecified atom stereocenters. The summed E-state index contributed by atoms with van der Waals surface area (Å²) in [5.74, 6) is 0.774. The molecule has 0 saturated heterocycles. The highest BCUT2D eigenvalue weighted by molar-refractivity contribution is 5.57. The number of allylic oxidation sites excluding steroid dienone is 1. The van der Waals surface area contributed by atoms with Gasteiger partial charge < -0.3 is 0 Å². The summed E-state index contributed by atoms with van der Waals surface area (Å²) < 4.78 is 0. The Labute approximate surface area is 86.7 Å². The van der Waals surface area contributed by atoms with Gasteiger partial charge in [0, 0.05) is 0 Å². The van der Waals surface area contributed by atoms with Crippen LogP contribution in [0.2, 0.25) is 0 Å². The van der Waals surface area contributed by atoms with E-state index >= 15 is 0 Å². The van der Waals surface area contributed by atoms with Gasteiger partial charge in [-0.15, -0.1) is 0 Å². The summed E-state index contributed by atoms with van der Waals surface area (Å²) in [4.78, 5) is 0. The molecule has 1 aliphatic rings. The van der Waals surface area contributed by atoms with Crippen molar-refractivity contribution in [1.82, 2.24) is 0 Å². The van der Waals surface area contributed by atoms with Crippen LogP contribution < -0.4 is 0 Å². The maximum absolute atomic E-state index is 2.32. The van der Waals surface area contributed by atoms with E-state index in [-0.39, 0.29) is 0 Å². The zero-order chi connectivity index (χ0) is 9.80. The summed E-state index contributed by atoms with van der Waals surface area (Å²) in [6.45, 7) is 2.27. The molecule has 0 nitrogen and oxygen atoms in total. The van der Waals surface area contributed by atoms with Gasteiger partial charge in [-0.05, 0) is 29.9 Å². The van der Waals surface area contributed by atoms with Crippen LogP contribution >= 0.6 is 0 Å². The molecule has 0 fully saturated rings. The Morgan fingerprint density at radius 2 is 2.14 bits per heavy atom. The molecule has 0 saturated carbocycles. The first-order valence-corrected chi connectivity index (χ1v) is 5.67. The van der Waals surface area contributed by atoms with Crippen molar-refractivity contribution >= 4 is 6.08 Å². The molecular formula is C14H18. The van der Waals surface area contributed by atoms with E-state index in [1.54, 1.807) is 5.56 Å². The van der Waals surface area contributed by atoms with Crippen LogP contribution in [-0.2, 0) is 0 Å². The van der Waals surface area contributed by atoms with E-state index < -0.39 is 0 Å². The van der Waals surface area contributed by atoms with Crippen LogP contribution in [0.4, 0.5) is 0 Å². The molecule has 0 spiro atoms. The highest BCUT2D eigenvalue weighted by Gasteiger charge is 2.15. The number of hydrogen-bond donors (Lipinski definition) is 0. The van der Waals surface area contributed by atoms with Gasteiger partial charge in [0.15, 0.2) is 0 Å². The standard InChI is InChI=1S/C14H18/c1-2-3-7-12-9-6-10-13-8-4-5-11-14(12)13/h4-6,8,10-12H,2-3,7,9H2,1H3. The summed E-state index contributed by atoms with van der Waals surface area (Å²) in [6, 6.07) is 8.81. The normalized spacial score (nSPS) is 19.4. The van der Waals surface area contributed by atoms with Crippen molar-refractivity contribution in [3.8, 4) is 0 Å². The molecular weight excluding hydrogens is 168 g/mol. The Bertz CT molecular complexity index is 323. The molecule has 0 N–H and O–H groups in total. The zero-order valence-electron chi connectivity index (χ0n) is 8.87. The van der Waals surface area contributed by atoms with Gasteiger partial charge in [0.25, 0.3) is 0 Å². The molecule has 2 rings (SSSR count). The van der Waals surface area contributed by atoms with E-state index in [1.165, 1.54) is 31.2 Å². The Morgan fingerprint density at radius 1 is 1.29 bits per heavy atom. The molecule has 1 atom stereocenters.